The summed E-state index contributed by atoms with van der Waals surface area (Å²) in [6.45, 7) is 6.88. The van der Waals surface area contributed by atoms with Gasteiger partial charge in [0.1, 0.15) is 0 Å². The predicted octanol–water partition coefficient (Wildman–Crippen LogP) is 3.01. The standard InChI is InChI=1S/C10H21NS/c1-4-7-10(5-2)11-9(3)6-8-12-10/h9,11H,4-8H2,1-3H3. The molecule has 1 aliphatic rings. The van der Waals surface area contributed by atoms with Gasteiger partial charge in [0.05, 0.1) is 4.87 Å². The first-order chi connectivity index (χ1) is 5.72. The van der Waals surface area contributed by atoms with Crippen LogP contribution < -0.4 is 5.32 Å². The molecule has 1 fully saturated rings. The van der Waals surface area contributed by atoms with Crippen LogP contribution in [0.2, 0.25) is 0 Å². The van der Waals surface area contributed by atoms with E-state index in [1.54, 1.807) is 0 Å². The van der Waals surface area contributed by atoms with Crippen LogP contribution in [0.15, 0.2) is 0 Å². The van der Waals surface area contributed by atoms with E-state index in [-0.39, 0.29) is 0 Å². The quantitative estimate of drug-likeness (QED) is 0.729. The zero-order valence-corrected chi connectivity index (χ0v) is 9.34. The fourth-order valence-electron chi connectivity index (χ4n) is 1.92. The van der Waals surface area contributed by atoms with Crippen molar-refractivity contribution in [2.24, 2.45) is 0 Å². The summed E-state index contributed by atoms with van der Waals surface area (Å²) in [5, 5.41) is 3.74. The van der Waals surface area contributed by atoms with Crippen molar-refractivity contribution in [2.45, 2.75) is 57.4 Å². The summed E-state index contributed by atoms with van der Waals surface area (Å²) in [5.41, 5.74) is 0. The smallest absolute Gasteiger partial charge is 0.0644 e. The van der Waals surface area contributed by atoms with Crippen LogP contribution in [-0.2, 0) is 0 Å². The van der Waals surface area contributed by atoms with Crippen LogP contribution in [-0.4, -0.2) is 16.7 Å². The van der Waals surface area contributed by atoms with Crippen molar-refractivity contribution >= 4 is 11.8 Å². The minimum atomic E-state index is 0.409. The second-order valence-electron chi connectivity index (χ2n) is 3.78. The highest BCUT2D eigenvalue weighted by molar-refractivity contribution is 8.00. The molecule has 0 amide bonds. The molecule has 0 spiro atoms. The van der Waals surface area contributed by atoms with Gasteiger partial charge in [0.2, 0.25) is 0 Å². The zero-order valence-electron chi connectivity index (χ0n) is 8.52. The molecule has 1 heterocycles. The maximum atomic E-state index is 3.74. The first-order valence-electron chi connectivity index (χ1n) is 5.14. The maximum absolute atomic E-state index is 3.74. The van der Waals surface area contributed by atoms with Gasteiger partial charge in [0.25, 0.3) is 0 Å². The molecule has 0 aromatic heterocycles. The molecule has 72 valence electrons. The second-order valence-corrected chi connectivity index (χ2v) is 5.26. The average Bonchev–Trinajstić information content (AvgIpc) is 2.05. The van der Waals surface area contributed by atoms with Gasteiger partial charge < -0.3 is 5.32 Å². The summed E-state index contributed by atoms with van der Waals surface area (Å²) in [5.74, 6) is 1.34. The van der Waals surface area contributed by atoms with Gasteiger partial charge in [-0.3, -0.25) is 0 Å². The molecule has 0 aliphatic carbocycles. The van der Waals surface area contributed by atoms with Gasteiger partial charge in [0, 0.05) is 6.04 Å². The van der Waals surface area contributed by atoms with Crippen LogP contribution in [0.4, 0.5) is 0 Å². The SMILES string of the molecule is CCCC1(CC)NC(C)CCS1. The first-order valence-corrected chi connectivity index (χ1v) is 6.12. The molecular weight excluding hydrogens is 166 g/mol. The average molecular weight is 187 g/mol. The van der Waals surface area contributed by atoms with E-state index >= 15 is 0 Å². The minimum Gasteiger partial charge on any atom is -0.300 e. The molecule has 0 saturated carbocycles. The van der Waals surface area contributed by atoms with Gasteiger partial charge in [0.15, 0.2) is 0 Å². The van der Waals surface area contributed by atoms with Gasteiger partial charge >= 0.3 is 0 Å². The topological polar surface area (TPSA) is 12.0 Å². The maximum Gasteiger partial charge on any atom is 0.0644 e. The largest absolute Gasteiger partial charge is 0.300 e. The van der Waals surface area contributed by atoms with Gasteiger partial charge in [-0.05, 0) is 31.9 Å². The predicted molar refractivity (Wildman–Crippen MR) is 57.6 cm³/mol. The number of hydrogen-bond acceptors (Lipinski definition) is 2. The molecule has 1 aliphatic heterocycles. The van der Waals surface area contributed by atoms with Crippen LogP contribution in [0.3, 0.4) is 0 Å². The van der Waals surface area contributed by atoms with Crippen molar-refractivity contribution in [2.75, 3.05) is 5.75 Å². The van der Waals surface area contributed by atoms with Crippen LogP contribution in [0.25, 0.3) is 0 Å². The summed E-state index contributed by atoms with van der Waals surface area (Å²) < 4.78 is 0. The number of nitrogens with one attached hydrogen (secondary N) is 1. The lowest BCUT2D eigenvalue weighted by Gasteiger charge is -2.40. The van der Waals surface area contributed by atoms with Crippen molar-refractivity contribution in [3.63, 3.8) is 0 Å². The number of thioether (sulfide) groups is 1. The Kier molecular flexibility index (Phi) is 3.91. The second kappa shape index (κ2) is 4.52. The Labute approximate surface area is 80.7 Å². The van der Waals surface area contributed by atoms with Crippen LogP contribution >= 0.6 is 11.8 Å². The Balaban J connectivity index is 2.51. The van der Waals surface area contributed by atoms with E-state index in [1.807, 2.05) is 0 Å². The summed E-state index contributed by atoms with van der Waals surface area (Å²) in [6.07, 6.45) is 5.20. The van der Waals surface area contributed by atoms with Gasteiger partial charge in [-0.15, -0.1) is 11.8 Å². The third-order valence-electron chi connectivity index (χ3n) is 2.66. The fraction of sp³-hybridized carbons (Fsp3) is 1.00. The molecule has 1 rings (SSSR count). The highest BCUT2D eigenvalue weighted by Gasteiger charge is 2.31. The highest BCUT2D eigenvalue weighted by Crippen LogP contribution is 2.35. The summed E-state index contributed by atoms with van der Waals surface area (Å²) in [6, 6.07) is 0.720. The van der Waals surface area contributed by atoms with Crippen molar-refractivity contribution in [3.8, 4) is 0 Å². The molecule has 0 bridgehead atoms. The monoisotopic (exact) mass is 187 g/mol. The Morgan fingerprint density at radius 2 is 2.25 bits per heavy atom. The van der Waals surface area contributed by atoms with Gasteiger partial charge in [-0.2, -0.15) is 0 Å². The highest BCUT2D eigenvalue weighted by atomic mass is 32.2. The third kappa shape index (κ3) is 2.40. The van der Waals surface area contributed by atoms with Crippen molar-refractivity contribution in [1.29, 1.82) is 0 Å². The van der Waals surface area contributed by atoms with Crippen molar-refractivity contribution in [1.82, 2.24) is 5.32 Å². The van der Waals surface area contributed by atoms with Gasteiger partial charge in [-0.25, -0.2) is 0 Å². The molecule has 2 heteroatoms. The molecule has 12 heavy (non-hydrogen) atoms. The third-order valence-corrected chi connectivity index (χ3v) is 4.27. The van der Waals surface area contributed by atoms with Crippen LogP contribution in [0.1, 0.15) is 46.5 Å². The first kappa shape index (κ1) is 10.4. The van der Waals surface area contributed by atoms with E-state index in [0.29, 0.717) is 4.87 Å². The van der Waals surface area contributed by atoms with Crippen molar-refractivity contribution < 1.29 is 0 Å². The Bertz CT molecular complexity index is 134. The normalized spacial score (nSPS) is 36.8. The zero-order chi connectivity index (χ0) is 9.03. The molecule has 0 aromatic carbocycles. The Morgan fingerprint density at radius 1 is 1.50 bits per heavy atom. The molecule has 2 atom stereocenters. The van der Waals surface area contributed by atoms with Crippen LogP contribution in [0.5, 0.6) is 0 Å². The molecule has 0 radical (unpaired) electrons. The number of rotatable bonds is 3. The van der Waals surface area contributed by atoms with Gasteiger partial charge in [-0.1, -0.05) is 20.3 Å². The lowest BCUT2D eigenvalue weighted by molar-refractivity contribution is 0.355. The summed E-state index contributed by atoms with van der Waals surface area (Å²) >= 11 is 2.13. The summed E-state index contributed by atoms with van der Waals surface area (Å²) in [4.78, 5) is 0.409. The summed E-state index contributed by atoms with van der Waals surface area (Å²) in [7, 11) is 0. The van der Waals surface area contributed by atoms with E-state index in [1.165, 1.54) is 31.4 Å². The lowest BCUT2D eigenvalue weighted by atomic mass is 10.1. The van der Waals surface area contributed by atoms with E-state index in [0.717, 1.165) is 6.04 Å². The van der Waals surface area contributed by atoms with Crippen molar-refractivity contribution in [3.05, 3.63) is 0 Å². The Hall–Kier alpha value is 0.310. The molecule has 1 saturated heterocycles. The van der Waals surface area contributed by atoms with E-state index < -0.39 is 0 Å². The number of hydrogen-bond donors (Lipinski definition) is 1. The minimum absolute atomic E-state index is 0.409. The Morgan fingerprint density at radius 3 is 2.75 bits per heavy atom. The molecular formula is C10H21NS. The fourth-order valence-corrected chi connectivity index (χ4v) is 3.62. The lowest BCUT2D eigenvalue weighted by Crippen LogP contribution is -2.50. The molecule has 0 aromatic rings. The molecule has 1 nitrogen and oxygen atoms in total. The molecule has 1 N–H and O–H groups in total. The molecule has 2 unspecified atom stereocenters. The van der Waals surface area contributed by atoms with E-state index in [9.17, 15) is 0 Å². The van der Waals surface area contributed by atoms with E-state index in [4.69, 9.17) is 0 Å². The van der Waals surface area contributed by atoms with E-state index in [2.05, 4.69) is 37.8 Å². The van der Waals surface area contributed by atoms with Crippen LogP contribution in [0, 0.1) is 0 Å².